The number of rotatable bonds is 8. The van der Waals surface area contributed by atoms with Crippen molar-refractivity contribution in [2.75, 3.05) is 6.54 Å². The smallest absolute Gasteiger partial charge is 0.251 e. The summed E-state index contributed by atoms with van der Waals surface area (Å²) in [7, 11) is 0. The highest BCUT2D eigenvalue weighted by Crippen LogP contribution is 2.18. The predicted molar refractivity (Wildman–Crippen MR) is 113 cm³/mol. The molecule has 2 aromatic carbocycles. The van der Waals surface area contributed by atoms with E-state index in [-0.39, 0.29) is 5.91 Å². The molecule has 0 spiro atoms. The second-order valence-corrected chi connectivity index (χ2v) is 7.41. The third-order valence-electron chi connectivity index (χ3n) is 5.07. The standard InChI is InChI=1S/C24H28N2O3/c1-16-10-11-20(17(2)13-16)8-6-12-25-24(27)21-7-5-9-22(14-21)28-15-23-18(3)26-29-19(23)4/h5,7,9-11,13-14H,6,8,12,15H2,1-4H3,(H,25,27). The number of ether oxygens (including phenoxy) is 1. The molecule has 0 saturated carbocycles. The molecule has 29 heavy (non-hydrogen) atoms. The summed E-state index contributed by atoms with van der Waals surface area (Å²) in [6.07, 6.45) is 1.85. The lowest BCUT2D eigenvalue weighted by Crippen LogP contribution is -2.24. The van der Waals surface area contributed by atoms with Crippen LogP contribution < -0.4 is 10.1 Å². The normalized spacial score (nSPS) is 10.8. The fourth-order valence-corrected chi connectivity index (χ4v) is 3.30. The molecule has 0 radical (unpaired) electrons. The first kappa shape index (κ1) is 20.6. The Hall–Kier alpha value is -3.08. The summed E-state index contributed by atoms with van der Waals surface area (Å²) >= 11 is 0. The maximum Gasteiger partial charge on any atom is 0.251 e. The highest BCUT2D eigenvalue weighted by atomic mass is 16.5. The second kappa shape index (κ2) is 9.41. The van der Waals surface area contributed by atoms with Crippen LogP contribution in [0.4, 0.5) is 0 Å². The highest BCUT2D eigenvalue weighted by molar-refractivity contribution is 5.94. The van der Waals surface area contributed by atoms with Crippen molar-refractivity contribution in [1.82, 2.24) is 10.5 Å². The molecule has 5 nitrogen and oxygen atoms in total. The fourth-order valence-electron chi connectivity index (χ4n) is 3.30. The number of nitrogens with one attached hydrogen (secondary N) is 1. The number of hydrogen-bond acceptors (Lipinski definition) is 4. The van der Waals surface area contributed by atoms with Crippen LogP contribution in [0.25, 0.3) is 0 Å². The zero-order valence-electron chi connectivity index (χ0n) is 17.5. The van der Waals surface area contributed by atoms with E-state index in [1.54, 1.807) is 12.1 Å². The van der Waals surface area contributed by atoms with Crippen molar-refractivity contribution in [1.29, 1.82) is 0 Å². The maximum absolute atomic E-state index is 12.5. The number of aryl methyl sites for hydroxylation is 5. The molecule has 152 valence electrons. The minimum Gasteiger partial charge on any atom is -0.489 e. The summed E-state index contributed by atoms with van der Waals surface area (Å²) in [6.45, 7) is 8.98. The van der Waals surface area contributed by atoms with Crippen molar-refractivity contribution < 1.29 is 14.1 Å². The number of hydrogen-bond donors (Lipinski definition) is 1. The molecule has 1 heterocycles. The molecule has 1 N–H and O–H groups in total. The molecule has 0 saturated heterocycles. The molecule has 0 aliphatic carbocycles. The first-order valence-corrected chi connectivity index (χ1v) is 9.93. The molecule has 0 unspecified atom stereocenters. The molecule has 5 heteroatoms. The van der Waals surface area contributed by atoms with Crippen molar-refractivity contribution in [2.45, 2.75) is 47.1 Å². The van der Waals surface area contributed by atoms with Gasteiger partial charge in [-0.15, -0.1) is 0 Å². The zero-order chi connectivity index (χ0) is 20.8. The van der Waals surface area contributed by atoms with E-state index in [0.717, 1.165) is 29.9 Å². The lowest BCUT2D eigenvalue weighted by Gasteiger charge is -2.10. The summed E-state index contributed by atoms with van der Waals surface area (Å²) in [5, 5.41) is 6.92. The minimum atomic E-state index is -0.0894. The molecule has 3 aromatic rings. The second-order valence-electron chi connectivity index (χ2n) is 7.41. The number of amides is 1. The Labute approximate surface area is 172 Å². The average Bonchev–Trinajstić information content (AvgIpc) is 3.02. The van der Waals surface area contributed by atoms with Gasteiger partial charge >= 0.3 is 0 Å². The fraction of sp³-hybridized carbons (Fsp3) is 0.333. The van der Waals surface area contributed by atoms with Crippen LogP contribution in [-0.2, 0) is 13.0 Å². The van der Waals surface area contributed by atoms with E-state index < -0.39 is 0 Å². The molecular formula is C24H28N2O3. The number of aromatic nitrogens is 1. The zero-order valence-corrected chi connectivity index (χ0v) is 17.5. The summed E-state index contributed by atoms with van der Waals surface area (Å²) in [5.74, 6) is 1.31. The van der Waals surface area contributed by atoms with Gasteiger partial charge in [0.05, 0.1) is 11.3 Å². The van der Waals surface area contributed by atoms with Gasteiger partial charge in [-0.05, 0) is 69.9 Å². The monoisotopic (exact) mass is 392 g/mol. The van der Waals surface area contributed by atoms with E-state index in [0.29, 0.717) is 24.5 Å². The first-order valence-electron chi connectivity index (χ1n) is 9.93. The number of carbonyl (C=O) groups is 1. The van der Waals surface area contributed by atoms with Gasteiger partial charge in [-0.2, -0.15) is 0 Å². The molecule has 1 amide bonds. The largest absolute Gasteiger partial charge is 0.489 e. The van der Waals surface area contributed by atoms with Crippen molar-refractivity contribution in [3.8, 4) is 5.75 Å². The van der Waals surface area contributed by atoms with Crippen molar-refractivity contribution in [3.05, 3.63) is 81.7 Å². The average molecular weight is 392 g/mol. The molecule has 0 fully saturated rings. The summed E-state index contributed by atoms with van der Waals surface area (Å²) in [6, 6.07) is 13.7. The minimum absolute atomic E-state index is 0.0894. The van der Waals surface area contributed by atoms with Crippen LogP contribution in [0, 0.1) is 27.7 Å². The van der Waals surface area contributed by atoms with Crippen LogP contribution in [0.5, 0.6) is 5.75 Å². The Morgan fingerprint density at radius 1 is 1.10 bits per heavy atom. The van der Waals surface area contributed by atoms with Crippen LogP contribution >= 0.6 is 0 Å². The van der Waals surface area contributed by atoms with Gasteiger partial charge in [0.1, 0.15) is 18.1 Å². The lowest BCUT2D eigenvalue weighted by molar-refractivity contribution is 0.0952. The lowest BCUT2D eigenvalue weighted by atomic mass is 10.0. The van der Waals surface area contributed by atoms with Crippen molar-refractivity contribution in [2.24, 2.45) is 0 Å². The summed E-state index contributed by atoms with van der Waals surface area (Å²) < 4.78 is 11.0. The van der Waals surface area contributed by atoms with E-state index in [9.17, 15) is 4.79 Å². The summed E-state index contributed by atoms with van der Waals surface area (Å²) in [5.41, 5.74) is 6.26. The quantitative estimate of drug-likeness (QED) is 0.557. The Kier molecular flexibility index (Phi) is 6.70. The number of nitrogens with zero attached hydrogens (tertiary/aromatic N) is 1. The van der Waals surface area contributed by atoms with Gasteiger partial charge in [0, 0.05) is 12.1 Å². The van der Waals surface area contributed by atoms with E-state index in [1.165, 1.54) is 16.7 Å². The van der Waals surface area contributed by atoms with Crippen molar-refractivity contribution >= 4 is 5.91 Å². The first-order chi connectivity index (χ1) is 13.9. The van der Waals surface area contributed by atoms with Crippen LogP contribution in [0.15, 0.2) is 47.0 Å². The molecular weight excluding hydrogens is 364 g/mol. The van der Waals surface area contributed by atoms with Gasteiger partial charge in [0.15, 0.2) is 0 Å². The van der Waals surface area contributed by atoms with Gasteiger partial charge in [-0.1, -0.05) is 35.0 Å². The number of carbonyl (C=O) groups excluding carboxylic acids is 1. The maximum atomic E-state index is 12.5. The van der Waals surface area contributed by atoms with Gasteiger partial charge in [0.2, 0.25) is 0 Å². The van der Waals surface area contributed by atoms with Crippen LogP contribution in [-0.4, -0.2) is 17.6 Å². The third kappa shape index (κ3) is 5.47. The Morgan fingerprint density at radius 2 is 1.93 bits per heavy atom. The highest BCUT2D eigenvalue weighted by Gasteiger charge is 2.11. The molecule has 0 aliphatic rings. The molecule has 0 bridgehead atoms. The van der Waals surface area contributed by atoms with Gasteiger partial charge in [0.25, 0.3) is 5.91 Å². The molecule has 3 rings (SSSR count). The number of benzene rings is 2. The molecule has 0 atom stereocenters. The van der Waals surface area contributed by atoms with Crippen molar-refractivity contribution in [3.63, 3.8) is 0 Å². The predicted octanol–water partition coefficient (Wildman–Crippen LogP) is 4.85. The van der Waals surface area contributed by atoms with E-state index in [4.69, 9.17) is 9.26 Å². The van der Waals surface area contributed by atoms with Gasteiger partial charge in [-0.25, -0.2) is 0 Å². The van der Waals surface area contributed by atoms with Gasteiger partial charge < -0.3 is 14.6 Å². The molecule has 1 aromatic heterocycles. The third-order valence-corrected chi connectivity index (χ3v) is 5.07. The van der Waals surface area contributed by atoms with Crippen LogP contribution in [0.3, 0.4) is 0 Å². The Bertz CT molecular complexity index is 972. The van der Waals surface area contributed by atoms with E-state index in [2.05, 4.69) is 42.5 Å². The van der Waals surface area contributed by atoms with E-state index in [1.807, 2.05) is 26.0 Å². The van der Waals surface area contributed by atoms with Gasteiger partial charge in [-0.3, -0.25) is 4.79 Å². The Balaban J connectivity index is 1.50. The van der Waals surface area contributed by atoms with E-state index >= 15 is 0 Å². The SMILES string of the molecule is Cc1ccc(CCCNC(=O)c2cccc(OCc3c(C)noc3C)c2)c(C)c1. The topological polar surface area (TPSA) is 64.4 Å². The Morgan fingerprint density at radius 3 is 2.66 bits per heavy atom. The van der Waals surface area contributed by atoms with Crippen LogP contribution in [0.1, 0.15) is 50.5 Å². The van der Waals surface area contributed by atoms with Crippen LogP contribution in [0.2, 0.25) is 0 Å². The molecule has 0 aliphatic heterocycles. The summed E-state index contributed by atoms with van der Waals surface area (Å²) in [4.78, 5) is 12.5.